The molecule has 1 aliphatic heterocycles. The summed E-state index contributed by atoms with van der Waals surface area (Å²) in [6, 6.07) is 5.84. The van der Waals surface area contributed by atoms with Gasteiger partial charge >= 0.3 is 5.97 Å². The quantitative estimate of drug-likeness (QED) is 0.348. The molecule has 0 spiro atoms. The van der Waals surface area contributed by atoms with E-state index in [-0.39, 0.29) is 30.4 Å². The Labute approximate surface area is 145 Å². The first-order valence-electron chi connectivity index (χ1n) is 7.87. The first-order valence-corrected chi connectivity index (χ1v) is 7.87. The molecule has 1 aromatic rings. The number of nitro benzene ring substituents is 1. The molecule has 0 bridgehead atoms. The Hall–Kier alpha value is -2.74. The van der Waals surface area contributed by atoms with Crippen LogP contribution in [-0.4, -0.2) is 53.6 Å². The summed E-state index contributed by atoms with van der Waals surface area (Å²) >= 11 is 0. The summed E-state index contributed by atoms with van der Waals surface area (Å²) in [5.74, 6) is -0.965. The topological polar surface area (TPSA) is 99.0 Å². The number of hydrogen-bond acceptors (Lipinski definition) is 6. The molecule has 1 aliphatic rings. The van der Waals surface area contributed by atoms with Crippen LogP contribution in [0.1, 0.15) is 19.4 Å². The highest BCUT2D eigenvalue weighted by atomic mass is 16.6. The summed E-state index contributed by atoms with van der Waals surface area (Å²) < 4.78 is 10.5. The van der Waals surface area contributed by atoms with E-state index in [2.05, 4.69) is 0 Å². The van der Waals surface area contributed by atoms with Crippen molar-refractivity contribution in [2.45, 2.75) is 26.1 Å². The molecule has 1 amide bonds. The van der Waals surface area contributed by atoms with Crippen LogP contribution in [-0.2, 0) is 19.1 Å². The molecule has 1 aromatic carbocycles. The molecule has 8 nitrogen and oxygen atoms in total. The summed E-state index contributed by atoms with van der Waals surface area (Å²) in [5.41, 5.74) is 0.426. The van der Waals surface area contributed by atoms with Crippen LogP contribution in [0.25, 0.3) is 6.08 Å². The number of ether oxygens (including phenoxy) is 2. The Morgan fingerprint density at radius 1 is 1.36 bits per heavy atom. The van der Waals surface area contributed by atoms with Crippen molar-refractivity contribution in [2.24, 2.45) is 0 Å². The predicted molar refractivity (Wildman–Crippen MR) is 89.7 cm³/mol. The minimum atomic E-state index is -0.686. The van der Waals surface area contributed by atoms with E-state index in [0.717, 1.165) is 6.08 Å². The standard InChI is InChI=1S/C17H20N2O6/c1-12-9-18(10-13(2)25-12)16(20)11-24-17(21)7-6-14-4-3-5-15(8-14)19(22)23/h3-8,12-13H,9-11H2,1-2H3/b7-6+/t12-,13-/m1/s1. The number of non-ortho nitro benzene ring substituents is 1. The van der Waals surface area contributed by atoms with Gasteiger partial charge in [0.1, 0.15) is 0 Å². The molecule has 1 saturated heterocycles. The number of carbonyl (C=O) groups excluding carboxylic acids is 2. The number of nitro groups is 1. The minimum absolute atomic E-state index is 0.0582. The third-order valence-corrected chi connectivity index (χ3v) is 3.60. The van der Waals surface area contributed by atoms with Crippen molar-refractivity contribution in [3.05, 3.63) is 46.0 Å². The van der Waals surface area contributed by atoms with Crippen LogP contribution in [0.4, 0.5) is 5.69 Å². The smallest absolute Gasteiger partial charge is 0.331 e. The first-order chi connectivity index (χ1) is 11.8. The molecule has 0 radical (unpaired) electrons. The van der Waals surface area contributed by atoms with E-state index in [9.17, 15) is 19.7 Å². The zero-order valence-corrected chi connectivity index (χ0v) is 14.1. The highest BCUT2D eigenvalue weighted by molar-refractivity contribution is 5.89. The third-order valence-electron chi connectivity index (χ3n) is 3.60. The Morgan fingerprint density at radius 2 is 2.04 bits per heavy atom. The van der Waals surface area contributed by atoms with Gasteiger partial charge in [-0.1, -0.05) is 12.1 Å². The SMILES string of the molecule is C[C@@H]1CN(C(=O)COC(=O)/C=C/c2cccc([N+](=O)[O-])c2)C[C@@H](C)O1. The van der Waals surface area contributed by atoms with E-state index in [1.807, 2.05) is 13.8 Å². The van der Waals surface area contributed by atoms with Crippen molar-refractivity contribution in [3.8, 4) is 0 Å². The number of esters is 1. The van der Waals surface area contributed by atoms with Crippen LogP contribution in [0, 0.1) is 10.1 Å². The van der Waals surface area contributed by atoms with Gasteiger partial charge in [0.15, 0.2) is 6.61 Å². The van der Waals surface area contributed by atoms with E-state index in [0.29, 0.717) is 18.7 Å². The molecule has 0 saturated carbocycles. The van der Waals surface area contributed by atoms with Crippen LogP contribution in [0.3, 0.4) is 0 Å². The number of hydrogen-bond donors (Lipinski definition) is 0. The van der Waals surface area contributed by atoms with E-state index in [1.54, 1.807) is 11.0 Å². The summed E-state index contributed by atoms with van der Waals surface area (Å²) in [5, 5.41) is 10.7. The van der Waals surface area contributed by atoms with Crippen molar-refractivity contribution >= 4 is 23.6 Å². The number of rotatable bonds is 5. The summed E-state index contributed by atoms with van der Waals surface area (Å²) in [6.45, 7) is 4.33. The second-order valence-corrected chi connectivity index (χ2v) is 5.85. The fourth-order valence-electron chi connectivity index (χ4n) is 2.56. The Kier molecular flexibility index (Phi) is 6.24. The summed E-state index contributed by atoms with van der Waals surface area (Å²) in [6.07, 6.45) is 2.42. The van der Waals surface area contributed by atoms with Gasteiger partial charge < -0.3 is 14.4 Å². The summed E-state index contributed by atoms with van der Waals surface area (Å²) in [4.78, 5) is 35.6. The van der Waals surface area contributed by atoms with Gasteiger partial charge in [-0.3, -0.25) is 14.9 Å². The lowest BCUT2D eigenvalue weighted by molar-refractivity contribution is -0.384. The number of amides is 1. The lowest BCUT2D eigenvalue weighted by Crippen LogP contribution is -2.49. The molecule has 1 fully saturated rings. The van der Waals surface area contributed by atoms with E-state index in [4.69, 9.17) is 9.47 Å². The van der Waals surface area contributed by atoms with Crippen LogP contribution >= 0.6 is 0 Å². The van der Waals surface area contributed by atoms with E-state index in [1.165, 1.54) is 24.3 Å². The van der Waals surface area contributed by atoms with Crippen LogP contribution in [0.15, 0.2) is 30.3 Å². The lowest BCUT2D eigenvalue weighted by atomic mass is 10.2. The third kappa shape index (κ3) is 5.68. The summed E-state index contributed by atoms with van der Waals surface area (Å²) in [7, 11) is 0. The maximum atomic E-state index is 12.1. The van der Waals surface area contributed by atoms with Crippen LogP contribution < -0.4 is 0 Å². The molecule has 0 N–H and O–H groups in total. The molecular weight excluding hydrogens is 328 g/mol. The molecule has 1 heterocycles. The van der Waals surface area contributed by atoms with Gasteiger partial charge in [-0.05, 0) is 25.5 Å². The number of carbonyl (C=O) groups is 2. The maximum absolute atomic E-state index is 12.1. The zero-order chi connectivity index (χ0) is 18.4. The average molecular weight is 348 g/mol. The molecule has 0 unspecified atom stereocenters. The monoisotopic (exact) mass is 348 g/mol. The highest BCUT2D eigenvalue weighted by Gasteiger charge is 2.26. The second kappa shape index (κ2) is 8.39. The Balaban J connectivity index is 1.85. The fraction of sp³-hybridized carbons (Fsp3) is 0.412. The van der Waals surface area contributed by atoms with Crippen molar-refractivity contribution in [1.29, 1.82) is 0 Å². The van der Waals surface area contributed by atoms with Gasteiger partial charge in [-0.2, -0.15) is 0 Å². The normalized spacial score (nSPS) is 20.5. The van der Waals surface area contributed by atoms with Crippen molar-refractivity contribution in [2.75, 3.05) is 19.7 Å². The number of benzene rings is 1. The van der Waals surface area contributed by atoms with Crippen molar-refractivity contribution < 1.29 is 24.0 Å². The van der Waals surface area contributed by atoms with E-state index >= 15 is 0 Å². The predicted octanol–water partition coefficient (Wildman–Crippen LogP) is 1.79. The van der Waals surface area contributed by atoms with Crippen LogP contribution in [0.5, 0.6) is 0 Å². The van der Waals surface area contributed by atoms with Gasteiger partial charge in [-0.25, -0.2) is 4.79 Å². The van der Waals surface area contributed by atoms with E-state index < -0.39 is 10.9 Å². The molecule has 8 heteroatoms. The van der Waals surface area contributed by atoms with Gasteiger partial charge in [0.2, 0.25) is 0 Å². The molecular formula is C17H20N2O6. The number of nitrogens with zero attached hydrogens (tertiary/aromatic N) is 2. The molecule has 25 heavy (non-hydrogen) atoms. The molecule has 2 atom stereocenters. The van der Waals surface area contributed by atoms with Crippen molar-refractivity contribution in [1.82, 2.24) is 4.90 Å². The molecule has 0 aromatic heterocycles. The number of morpholine rings is 1. The van der Waals surface area contributed by atoms with Crippen molar-refractivity contribution in [3.63, 3.8) is 0 Å². The molecule has 0 aliphatic carbocycles. The molecule has 2 rings (SSSR count). The van der Waals surface area contributed by atoms with Crippen LogP contribution in [0.2, 0.25) is 0 Å². The largest absolute Gasteiger partial charge is 0.452 e. The Bertz CT molecular complexity index is 677. The Morgan fingerprint density at radius 3 is 2.68 bits per heavy atom. The zero-order valence-electron chi connectivity index (χ0n) is 14.1. The van der Waals surface area contributed by atoms with Gasteiger partial charge in [0, 0.05) is 31.3 Å². The highest BCUT2D eigenvalue weighted by Crippen LogP contribution is 2.14. The lowest BCUT2D eigenvalue weighted by Gasteiger charge is -2.35. The van der Waals surface area contributed by atoms with Gasteiger partial charge in [-0.15, -0.1) is 0 Å². The maximum Gasteiger partial charge on any atom is 0.331 e. The second-order valence-electron chi connectivity index (χ2n) is 5.85. The fourth-order valence-corrected chi connectivity index (χ4v) is 2.56. The average Bonchev–Trinajstić information content (AvgIpc) is 2.57. The van der Waals surface area contributed by atoms with Gasteiger partial charge in [0.05, 0.1) is 17.1 Å². The molecule has 134 valence electrons. The first kappa shape index (κ1) is 18.6. The van der Waals surface area contributed by atoms with Gasteiger partial charge in [0.25, 0.3) is 11.6 Å². The minimum Gasteiger partial charge on any atom is -0.452 e.